The minimum atomic E-state index is -0.799. The van der Waals surface area contributed by atoms with Crippen molar-refractivity contribution in [2.45, 2.75) is 103 Å². The van der Waals surface area contributed by atoms with Gasteiger partial charge in [-0.2, -0.15) is 0 Å². The van der Waals surface area contributed by atoms with Crippen molar-refractivity contribution in [3.05, 3.63) is 11.5 Å². The Bertz CT molecular complexity index is 716. The van der Waals surface area contributed by atoms with E-state index in [1.165, 1.54) is 25.0 Å². The SMILES string of the molecule is CC(O)OC1=C(N2CCCCC2)[C@@]2(C)CCC3C(C2C1)[C@@H](O)C[C@H]1C[C@@H](O)CC[C@]31C. The van der Waals surface area contributed by atoms with Crippen LogP contribution in [0.15, 0.2) is 11.5 Å². The van der Waals surface area contributed by atoms with Gasteiger partial charge >= 0.3 is 0 Å². The molecule has 0 aromatic rings. The van der Waals surface area contributed by atoms with E-state index in [9.17, 15) is 15.3 Å². The summed E-state index contributed by atoms with van der Waals surface area (Å²) in [5.41, 5.74) is 1.58. The van der Waals surface area contributed by atoms with Crippen molar-refractivity contribution in [3.63, 3.8) is 0 Å². The molecular weight excluding hydrogens is 390 g/mol. The minimum Gasteiger partial charge on any atom is -0.468 e. The van der Waals surface area contributed by atoms with Gasteiger partial charge in [-0.15, -0.1) is 0 Å². The van der Waals surface area contributed by atoms with Crippen LogP contribution in [-0.2, 0) is 4.74 Å². The second-order valence-corrected chi connectivity index (χ2v) is 11.9. The Labute approximate surface area is 187 Å². The summed E-state index contributed by atoms with van der Waals surface area (Å²) in [6, 6.07) is 0. The highest BCUT2D eigenvalue weighted by Crippen LogP contribution is 2.67. The van der Waals surface area contributed by atoms with E-state index in [0.29, 0.717) is 17.8 Å². The minimum absolute atomic E-state index is 0.0150. The first-order chi connectivity index (χ1) is 14.7. The maximum atomic E-state index is 11.5. The van der Waals surface area contributed by atoms with Crippen LogP contribution in [0.4, 0.5) is 0 Å². The molecule has 1 heterocycles. The summed E-state index contributed by atoms with van der Waals surface area (Å²) in [4.78, 5) is 2.55. The van der Waals surface area contributed by atoms with Crippen LogP contribution in [0.2, 0.25) is 0 Å². The topological polar surface area (TPSA) is 73.2 Å². The monoisotopic (exact) mass is 433 g/mol. The summed E-state index contributed by atoms with van der Waals surface area (Å²) in [5.74, 6) is 2.59. The van der Waals surface area contributed by atoms with Crippen LogP contribution in [0.5, 0.6) is 0 Å². The van der Waals surface area contributed by atoms with Crippen LogP contribution in [0.25, 0.3) is 0 Å². The third kappa shape index (κ3) is 3.45. The number of nitrogens with zero attached hydrogens (tertiary/aromatic N) is 1. The number of aliphatic hydroxyl groups excluding tert-OH is 3. The number of allylic oxidation sites excluding steroid dienone is 2. The average Bonchev–Trinajstić information content (AvgIpc) is 3.01. The van der Waals surface area contributed by atoms with Crippen molar-refractivity contribution in [3.8, 4) is 0 Å². The second kappa shape index (κ2) is 7.92. The Balaban J connectivity index is 1.49. The Morgan fingerprint density at radius 3 is 2.45 bits per heavy atom. The van der Waals surface area contributed by atoms with Gasteiger partial charge in [0.05, 0.1) is 17.9 Å². The molecule has 3 N–H and O–H groups in total. The van der Waals surface area contributed by atoms with E-state index < -0.39 is 6.29 Å². The van der Waals surface area contributed by atoms with Crippen LogP contribution in [-0.4, -0.2) is 51.8 Å². The molecule has 176 valence electrons. The third-order valence-electron chi connectivity index (χ3n) is 10.2. The summed E-state index contributed by atoms with van der Waals surface area (Å²) >= 11 is 0. The highest BCUT2D eigenvalue weighted by molar-refractivity contribution is 5.29. The fourth-order valence-corrected chi connectivity index (χ4v) is 8.78. The zero-order valence-electron chi connectivity index (χ0n) is 19.7. The van der Waals surface area contributed by atoms with Crippen molar-refractivity contribution in [2.75, 3.05) is 13.1 Å². The molecule has 0 bridgehead atoms. The number of piperidine rings is 1. The molecule has 0 aromatic carbocycles. The van der Waals surface area contributed by atoms with Crippen LogP contribution >= 0.6 is 0 Å². The molecule has 5 aliphatic rings. The molecule has 5 rings (SSSR count). The molecule has 1 saturated heterocycles. The quantitative estimate of drug-likeness (QED) is 0.586. The smallest absolute Gasteiger partial charge is 0.194 e. The standard InChI is InChI=1S/C26H43NO4/c1-16(28)31-22-15-20-23-19(25(2)9-7-18(29)13-17(25)14-21(23)30)8-10-26(20,3)24(22)27-11-5-4-6-12-27/h16-21,23,28-30H,4-15H2,1-3H3/t16?,17-,18+,19?,20?,21+,23?,25+,26+/m1/s1. The van der Waals surface area contributed by atoms with Gasteiger partial charge in [0.1, 0.15) is 5.76 Å². The van der Waals surface area contributed by atoms with Crippen molar-refractivity contribution in [1.82, 2.24) is 4.90 Å². The number of ether oxygens (including phenoxy) is 1. The second-order valence-electron chi connectivity index (χ2n) is 11.9. The molecule has 4 aliphatic carbocycles. The van der Waals surface area contributed by atoms with Crippen LogP contribution in [0, 0.1) is 34.5 Å². The summed E-state index contributed by atoms with van der Waals surface area (Å²) in [7, 11) is 0. The van der Waals surface area contributed by atoms with E-state index in [1.54, 1.807) is 6.92 Å². The maximum Gasteiger partial charge on any atom is 0.194 e. The van der Waals surface area contributed by atoms with Crippen molar-refractivity contribution in [1.29, 1.82) is 0 Å². The molecule has 0 aromatic heterocycles. The lowest BCUT2D eigenvalue weighted by molar-refractivity contribution is -0.168. The van der Waals surface area contributed by atoms with Gasteiger partial charge in [-0.3, -0.25) is 0 Å². The molecule has 31 heavy (non-hydrogen) atoms. The summed E-state index contributed by atoms with van der Waals surface area (Å²) in [5, 5.41) is 31.9. The number of rotatable bonds is 3. The summed E-state index contributed by atoms with van der Waals surface area (Å²) < 4.78 is 6.07. The fourth-order valence-electron chi connectivity index (χ4n) is 8.78. The van der Waals surface area contributed by atoms with Gasteiger partial charge in [-0.05, 0) is 93.8 Å². The molecule has 1 aliphatic heterocycles. The normalized spacial score (nSPS) is 48.6. The van der Waals surface area contributed by atoms with Gasteiger partial charge < -0.3 is 25.0 Å². The zero-order valence-corrected chi connectivity index (χ0v) is 19.7. The van der Waals surface area contributed by atoms with E-state index in [-0.39, 0.29) is 29.0 Å². The number of fused-ring (bicyclic) bond motifs is 5. The molecule has 4 unspecified atom stereocenters. The van der Waals surface area contributed by atoms with E-state index in [4.69, 9.17) is 4.74 Å². The van der Waals surface area contributed by atoms with E-state index >= 15 is 0 Å². The van der Waals surface area contributed by atoms with Crippen molar-refractivity contribution in [2.24, 2.45) is 34.5 Å². The molecule has 4 fully saturated rings. The molecule has 3 saturated carbocycles. The molecule has 0 spiro atoms. The van der Waals surface area contributed by atoms with E-state index in [0.717, 1.165) is 63.8 Å². The van der Waals surface area contributed by atoms with E-state index in [2.05, 4.69) is 18.7 Å². The Morgan fingerprint density at radius 2 is 1.74 bits per heavy atom. The molecule has 5 nitrogen and oxygen atoms in total. The first-order valence-corrected chi connectivity index (χ1v) is 12.9. The average molecular weight is 434 g/mol. The molecule has 0 radical (unpaired) electrons. The highest BCUT2D eigenvalue weighted by atomic mass is 16.6. The molecular formula is C26H43NO4. The fraction of sp³-hybridized carbons (Fsp3) is 0.923. The molecule has 5 heteroatoms. The number of likely N-dealkylation sites (tertiary alicyclic amines) is 1. The third-order valence-corrected chi connectivity index (χ3v) is 10.2. The van der Waals surface area contributed by atoms with Gasteiger partial charge in [0.2, 0.25) is 0 Å². The first kappa shape index (κ1) is 22.0. The summed E-state index contributed by atoms with van der Waals surface area (Å²) in [6.07, 6.45) is 9.25. The molecule has 0 amide bonds. The van der Waals surface area contributed by atoms with Gasteiger partial charge in [-0.1, -0.05) is 13.8 Å². The Hall–Kier alpha value is -0.780. The lowest BCUT2D eigenvalue weighted by Gasteiger charge is -2.62. The number of hydrogen-bond acceptors (Lipinski definition) is 5. The van der Waals surface area contributed by atoms with Gasteiger partial charge in [0.15, 0.2) is 6.29 Å². The molecule has 9 atom stereocenters. The maximum absolute atomic E-state index is 11.5. The first-order valence-electron chi connectivity index (χ1n) is 12.9. The lowest BCUT2D eigenvalue weighted by Crippen LogP contribution is -2.58. The number of hydrogen-bond donors (Lipinski definition) is 3. The van der Waals surface area contributed by atoms with Gasteiger partial charge in [0, 0.05) is 24.9 Å². The van der Waals surface area contributed by atoms with E-state index in [1.807, 2.05) is 0 Å². The van der Waals surface area contributed by atoms with Crippen LogP contribution < -0.4 is 0 Å². The predicted octanol–water partition coefficient (Wildman–Crippen LogP) is 4.02. The van der Waals surface area contributed by atoms with Gasteiger partial charge in [-0.25, -0.2) is 0 Å². The van der Waals surface area contributed by atoms with Crippen LogP contribution in [0.1, 0.15) is 85.0 Å². The highest BCUT2D eigenvalue weighted by Gasteiger charge is 2.63. The largest absolute Gasteiger partial charge is 0.468 e. The number of aliphatic hydroxyl groups is 3. The van der Waals surface area contributed by atoms with Crippen LogP contribution in [0.3, 0.4) is 0 Å². The predicted molar refractivity (Wildman–Crippen MR) is 120 cm³/mol. The van der Waals surface area contributed by atoms with Gasteiger partial charge in [0.25, 0.3) is 0 Å². The van der Waals surface area contributed by atoms with Crippen molar-refractivity contribution >= 4 is 0 Å². The Morgan fingerprint density at radius 1 is 1.00 bits per heavy atom. The Kier molecular flexibility index (Phi) is 5.63. The zero-order chi connectivity index (χ0) is 22.0. The lowest BCUT2D eigenvalue weighted by atomic mass is 9.44. The summed E-state index contributed by atoms with van der Waals surface area (Å²) in [6.45, 7) is 8.75. The van der Waals surface area contributed by atoms with Crippen molar-refractivity contribution < 1.29 is 20.1 Å².